The third kappa shape index (κ3) is 8.63. The molecule has 0 unspecified atom stereocenters. The lowest BCUT2D eigenvalue weighted by Crippen LogP contribution is -2.32. The molecular weight excluding hydrogens is 232 g/mol. The van der Waals surface area contributed by atoms with E-state index in [2.05, 4.69) is 27.7 Å². The summed E-state index contributed by atoms with van der Waals surface area (Å²) in [6.45, 7) is 6.11. The monoisotopic (exact) mass is 247 g/mol. The van der Waals surface area contributed by atoms with Gasteiger partial charge in [-0.05, 0) is 25.6 Å². The van der Waals surface area contributed by atoms with Gasteiger partial charge in [-0.2, -0.15) is 0 Å². The minimum Gasteiger partial charge on any atom is -0.466 e. The largest absolute Gasteiger partial charge is 0.466 e. The molecule has 7 heteroatoms. The molecule has 4 nitrogen and oxygen atoms in total. The molecule has 0 aromatic rings. The van der Waals surface area contributed by atoms with Gasteiger partial charge in [0.1, 0.15) is 0 Å². The van der Waals surface area contributed by atoms with E-state index in [4.69, 9.17) is 8.85 Å². The SMILES string of the molecule is CC(=O)OCCC[Si](C)(C)O[Si]O[Si]. The maximum absolute atomic E-state index is 10.5. The molecule has 0 amide bonds. The number of ether oxygens (including phenoxy) is 1. The van der Waals surface area contributed by atoms with E-state index >= 15 is 0 Å². The molecule has 14 heavy (non-hydrogen) atoms. The van der Waals surface area contributed by atoms with Gasteiger partial charge in [0, 0.05) is 6.92 Å². The van der Waals surface area contributed by atoms with Crippen LogP contribution in [0.2, 0.25) is 19.1 Å². The second-order valence-corrected chi connectivity index (χ2v) is 9.31. The number of carbonyl (C=O) groups is 1. The van der Waals surface area contributed by atoms with E-state index in [0.717, 1.165) is 12.5 Å². The van der Waals surface area contributed by atoms with Crippen molar-refractivity contribution in [2.24, 2.45) is 0 Å². The molecule has 0 heterocycles. The van der Waals surface area contributed by atoms with Crippen LogP contribution in [0.1, 0.15) is 13.3 Å². The Balaban J connectivity index is 3.49. The Labute approximate surface area is 92.1 Å². The molecule has 0 saturated carbocycles. The summed E-state index contributed by atoms with van der Waals surface area (Å²) in [7, 11) is 1.30. The van der Waals surface area contributed by atoms with Gasteiger partial charge < -0.3 is 13.0 Å². The number of carbonyl (C=O) groups excluding carboxylic acids is 1. The van der Waals surface area contributed by atoms with Gasteiger partial charge in [0.2, 0.25) is 10.5 Å². The lowest BCUT2D eigenvalue weighted by atomic mass is 10.5. The van der Waals surface area contributed by atoms with Gasteiger partial charge in [0.05, 0.1) is 6.61 Å². The standard InChI is InChI=1S/C7H15O4Si3/c1-7(8)9-5-4-6-14(2,3)11-13-10-12/h4-6H2,1-3H3. The van der Waals surface area contributed by atoms with E-state index in [9.17, 15) is 4.79 Å². The average molecular weight is 247 g/mol. The van der Waals surface area contributed by atoms with Crippen LogP contribution in [0.15, 0.2) is 0 Å². The van der Waals surface area contributed by atoms with Crippen LogP contribution in [0.5, 0.6) is 0 Å². The van der Waals surface area contributed by atoms with Crippen LogP contribution >= 0.6 is 0 Å². The zero-order chi connectivity index (χ0) is 11.0. The minimum absolute atomic E-state index is 0.0411. The van der Waals surface area contributed by atoms with Crippen LogP contribution in [0.3, 0.4) is 0 Å². The molecule has 0 N–H and O–H groups in total. The molecule has 0 aromatic carbocycles. The fourth-order valence-corrected chi connectivity index (χ4v) is 3.75. The molecule has 0 aromatic heterocycles. The van der Waals surface area contributed by atoms with Crippen molar-refractivity contribution in [2.75, 3.05) is 6.61 Å². The van der Waals surface area contributed by atoms with Gasteiger partial charge in [-0.1, -0.05) is 0 Å². The summed E-state index contributed by atoms with van der Waals surface area (Å²) in [6, 6.07) is 0.961. The Hall–Kier alpha value is 0.0406. The lowest BCUT2D eigenvalue weighted by Gasteiger charge is -2.21. The zero-order valence-corrected chi connectivity index (χ0v) is 11.8. The van der Waals surface area contributed by atoms with Gasteiger partial charge in [0.15, 0.2) is 8.32 Å². The normalized spacial score (nSPS) is 11.4. The van der Waals surface area contributed by atoms with Crippen LogP contribution in [0.4, 0.5) is 0 Å². The highest BCUT2D eigenvalue weighted by atomic mass is 28.4. The molecule has 0 bridgehead atoms. The second kappa shape index (κ2) is 7.35. The molecule has 0 fully saturated rings. The van der Waals surface area contributed by atoms with E-state index in [-0.39, 0.29) is 16.0 Å². The first-order valence-corrected chi connectivity index (χ1v) is 8.71. The van der Waals surface area contributed by atoms with Gasteiger partial charge in [-0.15, -0.1) is 0 Å². The molecule has 0 atom stereocenters. The first-order valence-electron chi connectivity index (χ1n) is 4.37. The number of esters is 1. The van der Waals surface area contributed by atoms with Crippen molar-refractivity contribution in [3.63, 3.8) is 0 Å². The van der Waals surface area contributed by atoms with E-state index in [1.807, 2.05) is 0 Å². The van der Waals surface area contributed by atoms with Crippen molar-refractivity contribution in [1.29, 1.82) is 0 Å². The van der Waals surface area contributed by atoms with E-state index in [1.54, 1.807) is 0 Å². The van der Waals surface area contributed by atoms with Crippen LogP contribution in [0.25, 0.3) is 0 Å². The quantitative estimate of drug-likeness (QED) is 0.379. The molecule has 0 aliphatic carbocycles. The van der Waals surface area contributed by atoms with Crippen LogP contribution in [-0.4, -0.2) is 41.4 Å². The Morgan fingerprint density at radius 3 is 2.64 bits per heavy atom. The summed E-state index contributed by atoms with van der Waals surface area (Å²) in [5.41, 5.74) is 0. The van der Waals surface area contributed by atoms with Gasteiger partial charge in [0.25, 0.3) is 0 Å². The summed E-state index contributed by atoms with van der Waals surface area (Å²) in [5.74, 6) is -0.226. The Kier molecular flexibility index (Phi) is 7.37. The van der Waals surface area contributed by atoms with Crippen molar-refractivity contribution in [3.8, 4) is 0 Å². The number of hydrogen-bond acceptors (Lipinski definition) is 4. The van der Waals surface area contributed by atoms with Gasteiger partial charge >= 0.3 is 16.0 Å². The fraction of sp³-hybridized carbons (Fsp3) is 0.857. The van der Waals surface area contributed by atoms with E-state index < -0.39 is 8.32 Å². The average Bonchev–Trinajstić information content (AvgIpc) is 2.09. The van der Waals surface area contributed by atoms with Crippen LogP contribution in [0, 0.1) is 0 Å². The summed E-state index contributed by atoms with van der Waals surface area (Å²) in [4.78, 5) is 10.5. The van der Waals surface area contributed by atoms with Crippen molar-refractivity contribution < 1.29 is 17.8 Å². The predicted molar refractivity (Wildman–Crippen MR) is 57.2 cm³/mol. The molecule has 5 radical (unpaired) electrons. The maximum Gasteiger partial charge on any atom is 0.409 e. The molecule has 79 valence electrons. The first-order chi connectivity index (χ1) is 6.48. The molecular formula is C7H15O4Si3. The third-order valence-electron chi connectivity index (χ3n) is 1.59. The molecule has 0 spiro atoms. The fourth-order valence-electron chi connectivity index (χ4n) is 0.898. The summed E-state index contributed by atoms with van der Waals surface area (Å²) >= 11 is 0. The summed E-state index contributed by atoms with van der Waals surface area (Å²) < 4.78 is 15.1. The highest BCUT2D eigenvalue weighted by molar-refractivity contribution is 6.74. The minimum atomic E-state index is -1.63. The van der Waals surface area contributed by atoms with E-state index in [1.165, 1.54) is 6.92 Å². The smallest absolute Gasteiger partial charge is 0.409 e. The van der Waals surface area contributed by atoms with Crippen molar-refractivity contribution in [3.05, 3.63) is 0 Å². The highest BCUT2D eigenvalue weighted by Crippen LogP contribution is 2.12. The second-order valence-electron chi connectivity index (χ2n) is 3.49. The zero-order valence-electron chi connectivity index (χ0n) is 8.75. The Morgan fingerprint density at radius 1 is 1.50 bits per heavy atom. The Bertz CT molecular complexity index is 174. The van der Waals surface area contributed by atoms with Crippen molar-refractivity contribution in [1.82, 2.24) is 0 Å². The van der Waals surface area contributed by atoms with Gasteiger partial charge in [-0.25, -0.2) is 0 Å². The maximum atomic E-state index is 10.5. The molecule has 0 rings (SSSR count). The summed E-state index contributed by atoms with van der Waals surface area (Å²) in [6.07, 6.45) is 0.852. The predicted octanol–water partition coefficient (Wildman–Crippen LogP) is 0.796. The first kappa shape index (κ1) is 14.0. The van der Waals surface area contributed by atoms with Crippen molar-refractivity contribution in [2.45, 2.75) is 32.5 Å². The lowest BCUT2D eigenvalue weighted by molar-refractivity contribution is -0.140. The summed E-state index contributed by atoms with van der Waals surface area (Å²) in [5, 5.41) is 0. The van der Waals surface area contributed by atoms with Crippen molar-refractivity contribution >= 4 is 34.8 Å². The van der Waals surface area contributed by atoms with Gasteiger partial charge in [-0.3, -0.25) is 4.79 Å². The highest BCUT2D eigenvalue weighted by Gasteiger charge is 2.21. The Morgan fingerprint density at radius 2 is 2.14 bits per heavy atom. The van der Waals surface area contributed by atoms with E-state index in [0.29, 0.717) is 6.61 Å². The number of rotatable bonds is 7. The molecule has 0 aliphatic heterocycles. The number of hydrogen-bond donors (Lipinski definition) is 0. The third-order valence-corrected chi connectivity index (χ3v) is 6.02. The topological polar surface area (TPSA) is 44.8 Å². The van der Waals surface area contributed by atoms with Crippen LogP contribution in [-0.2, 0) is 17.8 Å². The van der Waals surface area contributed by atoms with Crippen LogP contribution < -0.4 is 0 Å². The molecule has 0 aliphatic rings. The molecule has 0 saturated heterocycles.